The van der Waals surface area contributed by atoms with Gasteiger partial charge in [-0.05, 0) is 52.4 Å². The molecular weight excluding hydrogens is 360 g/mol. The highest BCUT2D eigenvalue weighted by Gasteiger charge is 2.17. The Labute approximate surface area is 171 Å². The Hall–Kier alpha value is -2.65. The van der Waals surface area contributed by atoms with Gasteiger partial charge in [-0.1, -0.05) is 51.1 Å². The minimum atomic E-state index is 0.0909. The van der Waals surface area contributed by atoms with Gasteiger partial charge >= 0.3 is 0 Å². The van der Waals surface area contributed by atoms with Crippen LogP contribution in [0.2, 0.25) is 0 Å². The Kier molecular flexibility index (Phi) is 5.19. The molecule has 0 amide bonds. The van der Waals surface area contributed by atoms with Crippen molar-refractivity contribution < 1.29 is 0 Å². The first kappa shape index (κ1) is 18.7. The molecule has 2 aromatic carbocycles. The fourth-order valence-electron chi connectivity index (χ4n) is 3.28. The first-order valence-electron chi connectivity index (χ1n) is 9.52. The quantitative estimate of drug-likeness (QED) is 0.358. The van der Waals surface area contributed by atoms with Gasteiger partial charge in [0.1, 0.15) is 0 Å². The van der Waals surface area contributed by atoms with E-state index in [9.17, 15) is 0 Å². The zero-order chi connectivity index (χ0) is 19.6. The van der Waals surface area contributed by atoms with E-state index >= 15 is 0 Å². The molecular formula is C25H24N2S. The second-order valence-electron chi connectivity index (χ2n) is 8.02. The van der Waals surface area contributed by atoms with Gasteiger partial charge in [-0.15, -0.1) is 11.8 Å². The van der Waals surface area contributed by atoms with Crippen molar-refractivity contribution in [2.75, 3.05) is 0 Å². The SMILES string of the molecule is CC(C)(C)c1cc(-c2cccc(CSc3ccncc3)c2)c2ncccc2c1. The van der Waals surface area contributed by atoms with Crippen LogP contribution in [0.3, 0.4) is 0 Å². The molecule has 2 aromatic heterocycles. The van der Waals surface area contributed by atoms with E-state index in [0.717, 1.165) is 11.3 Å². The number of fused-ring (bicyclic) bond motifs is 1. The van der Waals surface area contributed by atoms with Crippen molar-refractivity contribution in [1.29, 1.82) is 0 Å². The van der Waals surface area contributed by atoms with Crippen molar-refractivity contribution in [3.05, 3.63) is 90.4 Å². The molecule has 0 unspecified atom stereocenters. The standard InChI is InChI=1S/C25H24N2S/c1-25(2,3)21-15-20-8-5-11-27-24(20)23(16-21)19-7-4-6-18(14-19)17-28-22-9-12-26-13-10-22/h4-16H,17H2,1-3H3. The average molecular weight is 385 g/mol. The molecule has 0 fully saturated rings. The molecule has 140 valence electrons. The van der Waals surface area contributed by atoms with Gasteiger partial charge in [0.2, 0.25) is 0 Å². The monoisotopic (exact) mass is 384 g/mol. The Morgan fingerprint density at radius 1 is 0.857 bits per heavy atom. The number of hydrogen-bond acceptors (Lipinski definition) is 3. The maximum absolute atomic E-state index is 4.69. The summed E-state index contributed by atoms with van der Waals surface area (Å²) in [7, 11) is 0. The molecule has 3 heteroatoms. The van der Waals surface area contributed by atoms with Crippen molar-refractivity contribution in [1.82, 2.24) is 9.97 Å². The summed E-state index contributed by atoms with van der Waals surface area (Å²) in [5.74, 6) is 0.933. The Morgan fingerprint density at radius 3 is 2.46 bits per heavy atom. The molecule has 0 saturated carbocycles. The van der Waals surface area contributed by atoms with Crippen LogP contribution in [0, 0.1) is 0 Å². The van der Waals surface area contributed by atoms with E-state index in [2.05, 4.69) is 80.4 Å². The van der Waals surface area contributed by atoms with Gasteiger partial charge in [0.25, 0.3) is 0 Å². The zero-order valence-corrected chi connectivity index (χ0v) is 17.3. The van der Waals surface area contributed by atoms with Crippen molar-refractivity contribution in [3.8, 4) is 11.1 Å². The van der Waals surface area contributed by atoms with E-state index < -0.39 is 0 Å². The summed E-state index contributed by atoms with van der Waals surface area (Å²) in [5, 5.41) is 1.20. The molecule has 0 aliphatic heterocycles. The van der Waals surface area contributed by atoms with Gasteiger partial charge in [0, 0.05) is 40.2 Å². The van der Waals surface area contributed by atoms with E-state index in [-0.39, 0.29) is 5.41 Å². The van der Waals surface area contributed by atoms with Crippen LogP contribution in [-0.4, -0.2) is 9.97 Å². The topological polar surface area (TPSA) is 25.8 Å². The summed E-state index contributed by atoms with van der Waals surface area (Å²) in [6, 6.07) is 21.7. The third-order valence-corrected chi connectivity index (χ3v) is 5.95. The summed E-state index contributed by atoms with van der Waals surface area (Å²) < 4.78 is 0. The molecule has 0 aliphatic rings. The lowest BCUT2D eigenvalue weighted by atomic mass is 9.84. The number of aromatic nitrogens is 2. The molecule has 0 N–H and O–H groups in total. The fourth-order valence-corrected chi connectivity index (χ4v) is 4.10. The van der Waals surface area contributed by atoms with Crippen LogP contribution in [0.1, 0.15) is 31.9 Å². The van der Waals surface area contributed by atoms with E-state index in [1.807, 2.05) is 36.4 Å². The van der Waals surface area contributed by atoms with Crippen molar-refractivity contribution >= 4 is 22.7 Å². The molecule has 0 saturated heterocycles. The summed E-state index contributed by atoms with van der Waals surface area (Å²) in [4.78, 5) is 10.0. The lowest BCUT2D eigenvalue weighted by Gasteiger charge is -2.21. The molecule has 0 radical (unpaired) electrons. The van der Waals surface area contributed by atoms with Crippen molar-refractivity contribution in [2.45, 2.75) is 36.8 Å². The molecule has 2 nitrogen and oxygen atoms in total. The lowest BCUT2D eigenvalue weighted by Crippen LogP contribution is -2.11. The molecule has 2 heterocycles. The van der Waals surface area contributed by atoms with Gasteiger partial charge in [-0.25, -0.2) is 0 Å². The minimum Gasteiger partial charge on any atom is -0.265 e. The second kappa shape index (κ2) is 7.76. The van der Waals surface area contributed by atoms with Gasteiger partial charge in [-0.3, -0.25) is 9.97 Å². The third kappa shape index (κ3) is 4.10. The van der Waals surface area contributed by atoms with Gasteiger partial charge < -0.3 is 0 Å². The summed E-state index contributed by atoms with van der Waals surface area (Å²) in [6.07, 6.45) is 5.56. The number of nitrogens with zero attached hydrogens (tertiary/aromatic N) is 2. The van der Waals surface area contributed by atoms with Crippen LogP contribution < -0.4 is 0 Å². The summed E-state index contributed by atoms with van der Waals surface area (Å²) in [5.41, 5.74) is 6.23. The van der Waals surface area contributed by atoms with E-state index in [1.54, 1.807) is 0 Å². The average Bonchev–Trinajstić information content (AvgIpc) is 2.72. The summed E-state index contributed by atoms with van der Waals surface area (Å²) >= 11 is 1.83. The van der Waals surface area contributed by atoms with Crippen LogP contribution in [0.4, 0.5) is 0 Å². The number of thioether (sulfide) groups is 1. The van der Waals surface area contributed by atoms with E-state index in [0.29, 0.717) is 0 Å². The predicted molar refractivity (Wildman–Crippen MR) is 120 cm³/mol. The van der Waals surface area contributed by atoms with Crippen molar-refractivity contribution in [2.24, 2.45) is 0 Å². The smallest absolute Gasteiger partial charge is 0.0780 e. The van der Waals surface area contributed by atoms with Crippen LogP contribution in [0.5, 0.6) is 0 Å². The van der Waals surface area contributed by atoms with Crippen LogP contribution in [0.15, 0.2) is 84.1 Å². The van der Waals surface area contributed by atoms with Gasteiger partial charge in [0.15, 0.2) is 0 Å². The largest absolute Gasteiger partial charge is 0.265 e. The molecule has 4 aromatic rings. The second-order valence-corrected chi connectivity index (χ2v) is 9.07. The Morgan fingerprint density at radius 2 is 1.68 bits per heavy atom. The van der Waals surface area contributed by atoms with E-state index in [1.165, 1.54) is 32.5 Å². The fraction of sp³-hybridized carbons (Fsp3) is 0.200. The summed E-state index contributed by atoms with van der Waals surface area (Å²) in [6.45, 7) is 6.78. The van der Waals surface area contributed by atoms with E-state index in [4.69, 9.17) is 4.98 Å². The molecule has 0 bridgehead atoms. The first-order chi connectivity index (χ1) is 13.5. The Balaban J connectivity index is 1.73. The molecule has 4 rings (SSSR count). The number of benzene rings is 2. The zero-order valence-electron chi connectivity index (χ0n) is 16.5. The molecule has 28 heavy (non-hydrogen) atoms. The Bertz CT molecular complexity index is 1100. The highest BCUT2D eigenvalue weighted by Crippen LogP contribution is 2.34. The maximum atomic E-state index is 4.69. The molecule has 0 spiro atoms. The number of pyridine rings is 2. The number of hydrogen-bond donors (Lipinski definition) is 0. The molecule has 0 aliphatic carbocycles. The first-order valence-corrected chi connectivity index (χ1v) is 10.5. The van der Waals surface area contributed by atoms with Crippen LogP contribution in [-0.2, 0) is 11.2 Å². The predicted octanol–water partition coefficient (Wildman–Crippen LogP) is 6.89. The highest BCUT2D eigenvalue weighted by molar-refractivity contribution is 7.98. The third-order valence-electron chi connectivity index (χ3n) is 4.86. The van der Waals surface area contributed by atoms with Gasteiger partial charge in [0.05, 0.1) is 5.52 Å². The molecule has 0 atom stereocenters. The van der Waals surface area contributed by atoms with Crippen LogP contribution >= 0.6 is 11.8 Å². The highest BCUT2D eigenvalue weighted by atomic mass is 32.2. The van der Waals surface area contributed by atoms with Crippen molar-refractivity contribution in [3.63, 3.8) is 0 Å². The maximum Gasteiger partial charge on any atom is 0.0780 e. The van der Waals surface area contributed by atoms with Crippen LogP contribution in [0.25, 0.3) is 22.0 Å². The van der Waals surface area contributed by atoms with Gasteiger partial charge in [-0.2, -0.15) is 0 Å². The number of rotatable bonds is 4. The lowest BCUT2D eigenvalue weighted by molar-refractivity contribution is 0.591. The minimum absolute atomic E-state index is 0.0909. The normalized spacial score (nSPS) is 11.7.